The van der Waals surface area contributed by atoms with Gasteiger partial charge in [0.05, 0.1) is 24.6 Å². The van der Waals surface area contributed by atoms with Gasteiger partial charge in [0.25, 0.3) is 10.0 Å². The van der Waals surface area contributed by atoms with E-state index in [1.165, 1.54) is 6.07 Å². The normalized spacial score (nSPS) is 11.2. The van der Waals surface area contributed by atoms with Crippen molar-refractivity contribution in [1.82, 2.24) is 4.98 Å². The fraction of sp³-hybridized carbons (Fsp3) is 0.0909. The number of hydrogen-bond donors (Lipinski definition) is 1. The van der Waals surface area contributed by atoms with Crippen LogP contribution >= 0.6 is 22.9 Å². The summed E-state index contributed by atoms with van der Waals surface area (Å²) in [6, 6.07) is 3.19. The van der Waals surface area contributed by atoms with Crippen LogP contribution in [-0.4, -0.2) is 26.5 Å². The topological polar surface area (TPSA) is 85.4 Å². The molecule has 1 heterocycles. The molecule has 0 aliphatic heterocycles. The molecule has 112 valence electrons. The minimum atomic E-state index is -4.03. The third-order valence-corrected chi connectivity index (χ3v) is 5.29. The SMILES string of the molecule is COC(=O)c1ccc(F)c(NS(=O)(=O)c2cnc(Cl)s2)c1. The highest BCUT2D eigenvalue weighted by molar-refractivity contribution is 7.94. The van der Waals surface area contributed by atoms with Crippen LogP contribution in [0.1, 0.15) is 10.4 Å². The molecule has 0 amide bonds. The standard InChI is InChI=1S/C11H8ClFN2O4S2/c1-19-10(16)6-2-3-7(13)8(4-6)15-21(17,18)9-5-14-11(12)20-9/h2-5,15H,1H3. The van der Waals surface area contributed by atoms with E-state index in [9.17, 15) is 17.6 Å². The van der Waals surface area contributed by atoms with E-state index in [2.05, 4.69) is 9.72 Å². The number of rotatable bonds is 4. The lowest BCUT2D eigenvalue weighted by atomic mass is 10.2. The van der Waals surface area contributed by atoms with E-state index in [0.717, 1.165) is 36.8 Å². The Kier molecular flexibility index (Phi) is 4.45. The van der Waals surface area contributed by atoms with Crippen molar-refractivity contribution >= 4 is 44.6 Å². The first-order valence-electron chi connectivity index (χ1n) is 5.35. The molecular weight excluding hydrogens is 343 g/mol. The summed E-state index contributed by atoms with van der Waals surface area (Å²) in [7, 11) is -2.87. The molecule has 10 heteroatoms. The maximum atomic E-state index is 13.7. The lowest BCUT2D eigenvalue weighted by Gasteiger charge is -2.08. The Morgan fingerprint density at radius 3 is 2.76 bits per heavy atom. The van der Waals surface area contributed by atoms with Crippen LogP contribution in [0, 0.1) is 5.82 Å². The van der Waals surface area contributed by atoms with Crippen LogP contribution in [0.15, 0.2) is 28.6 Å². The molecular formula is C11H8ClFN2O4S2. The second kappa shape index (κ2) is 5.96. The molecule has 2 aromatic rings. The van der Waals surface area contributed by atoms with E-state index < -0.39 is 21.8 Å². The fourth-order valence-electron chi connectivity index (χ4n) is 1.41. The number of esters is 1. The monoisotopic (exact) mass is 350 g/mol. The summed E-state index contributed by atoms with van der Waals surface area (Å²) in [5.74, 6) is -1.54. The molecule has 0 saturated carbocycles. The smallest absolute Gasteiger partial charge is 0.337 e. The predicted octanol–water partition coefficient (Wildman–Crippen LogP) is 2.52. The lowest BCUT2D eigenvalue weighted by Crippen LogP contribution is -2.13. The highest BCUT2D eigenvalue weighted by atomic mass is 35.5. The molecule has 0 saturated heterocycles. The van der Waals surface area contributed by atoms with Crippen molar-refractivity contribution in [3.8, 4) is 0 Å². The highest BCUT2D eigenvalue weighted by Gasteiger charge is 2.20. The number of hydrogen-bond acceptors (Lipinski definition) is 6. The van der Waals surface area contributed by atoms with Crippen molar-refractivity contribution in [2.75, 3.05) is 11.8 Å². The molecule has 0 radical (unpaired) electrons. The van der Waals surface area contributed by atoms with E-state index in [4.69, 9.17) is 11.6 Å². The molecule has 1 aromatic heterocycles. The summed E-state index contributed by atoms with van der Waals surface area (Å²) in [5, 5.41) is 0. The lowest BCUT2D eigenvalue weighted by molar-refractivity contribution is 0.0600. The number of thiazole rings is 1. The molecule has 21 heavy (non-hydrogen) atoms. The van der Waals surface area contributed by atoms with Crippen LogP contribution in [-0.2, 0) is 14.8 Å². The van der Waals surface area contributed by atoms with E-state index in [1.807, 2.05) is 4.72 Å². The van der Waals surface area contributed by atoms with Crippen molar-refractivity contribution in [3.05, 3.63) is 40.2 Å². The Morgan fingerprint density at radius 2 is 2.19 bits per heavy atom. The number of benzene rings is 1. The summed E-state index contributed by atoms with van der Waals surface area (Å²) >= 11 is 6.29. The first kappa shape index (κ1) is 15.7. The third-order valence-electron chi connectivity index (χ3n) is 2.35. The van der Waals surface area contributed by atoms with Crippen LogP contribution in [0.4, 0.5) is 10.1 Å². The zero-order valence-electron chi connectivity index (χ0n) is 10.5. The Hall–Kier alpha value is -1.71. The van der Waals surface area contributed by atoms with Crippen molar-refractivity contribution in [3.63, 3.8) is 0 Å². The van der Waals surface area contributed by atoms with E-state index >= 15 is 0 Å². The summed E-state index contributed by atoms with van der Waals surface area (Å²) in [6.07, 6.45) is 1.05. The molecule has 0 aliphatic rings. The number of sulfonamides is 1. The molecule has 6 nitrogen and oxygen atoms in total. The quantitative estimate of drug-likeness (QED) is 0.856. The van der Waals surface area contributed by atoms with Crippen LogP contribution < -0.4 is 4.72 Å². The number of nitrogens with zero attached hydrogens (tertiary/aromatic N) is 1. The number of anilines is 1. The summed E-state index contributed by atoms with van der Waals surface area (Å²) in [5.41, 5.74) is -0.360. The average Bonchev–Trinajstić information content (AvgIpc) is 2.87. The van der Waals surface area contributed by atoms with Crippen LogP contribution in [0.25, 0.3) is 0 Å². The number of halogens is 2. The van der Waals surface area contributed by atoms with Crippen molar-refractivity contribution in [1.29, 1.82) is 0 Å². The van der Waals surface area contributed by atoms with Crippen LogP contribution in [0.3, 0.4) is 0 Å². The van der Waals surface area contributed by atoms with Gasteiger partial charge >= 0.3 is 5.97 Å². The fourth-order valence-corrected chi connectivity index (χ4v) is 3.76. The van der Waals surface area contributed by atoms with Gasteiger partial charge in [-0.1, -0.05) is 22.9 Å². The molecule has 0 unspecified atom stereocenters. The van der Waals surface area contributed by atoms with Gasteiger partial charge in [0.2, 0.25) is 0 Å². The van der Waals surface area contributed by atoms with Crippen molar-refractivity contribution < 1.29 is 22.3 Å². The Labute approximate surface area is 128 Å². The minimum absolute atomic E-state index is 0.0129. The first-order valence-corrected chi connectivity index (χ1v) is 8.03. The van der Waals surface area contributed by atoms with Gasteiger partial charge in [-0.15, -0.1) is 0 Å². The van der Waals surface area contributed by atoms with E-state index in [1.54, 1.807) is 0 Å². The summed E-state index contributed by atoms with van der Waals surface area (Å²) < 4.78 is 44.1. The molecule has 1 aromatic carbocycles. The maximum absolute atomic E-state index is 13.7. The molecule has 0 fully saturated rings. The third kappa shape index (κ3) is 3.49. The molecule has 0 atom stereocenters. The van der Waals surface area contributed by atoms with Crippen LogP contribution in [0.5, 0.6) is 0 Å². The summed E-state index contributed by atoms with van der Waals surface area (Å²) in [4.78, 5) is 15.0. The molecule has 2 rings (SSSR count). The van der Waals surface area contributed by atoms with Gasteiger partial charge in [0, 0.05) is 0 Å². The van der Waals surface area contributed by atoms with Gasteiger partial charge in [-0.2, -0.15) is 0 Å². The van der Waals surface area contributed by atoms with E-state index in [0.29, 0.717) is 0 Å². The van der Waals surface area contributed by atoms with Gasteiger partial charge in [-0.3, -0.25) is 4.72 Å². The second-order valence-electron chi connectivity index (χ2n) is 3.72. The Morgan fingerprint density at radius 1 is 1.48 bits per heavy atom. The van der Waals surface area contributed by atoms with Gasteiger partial charge in [0.15, 0.2) is 8.68 Å². The Balaban J connectivity index is 2.37. The molecule has 0 bridgehead atoms. The zero-order chi connectivity index (χ0) is 15.6. The second-order valence-corrected chi connectivity index (χ2v) is 7.25. The highest BCUT2D eigenvalue weighted by Crippen LogP contribution is 2.26. The van der Waals surface area contributed by atoms with Gasteiger partial charge in [-0.05, 0) is 18.2 Å². The van der Waals surface area contributed by atoms with Gasteiger partial charge in [-0.25, -0.2) is 22.6 Å². The van der Waals surface area contributed by atoms with Crippen LogP contribution in [0.2, 0.25) is 4.47 Å². The van der Waals surface area contributed by atoms with Crippen molar-refractivity contribution in [2.45, 2.75) is 4.21 Å². The maximum Gasteiger partial charge on any atom is 0.337 e. The Bertz CT molecular complexity index is 791. The number of aromatic nitrogens is 1. The molecule has 0 spiro atoms. The molecule has 0 aliphatic carbocycles. The van der Waals surface area contributed by atoms with Gasteiger partial charge < -0.3 is 4.74 Å². The number of methoxy groups -OCH3 is 1. The largest absolute Gasteiger partial charge is 0.465 e. The van der Waals surface area contributed by atoms with Gasteiger partial charge in [0.1, 0.15) is 5.82 Å². The summed E-state index contributed by atoms with van der Waals surface area (Å²) in [6.45, 7) is 0. The first-order chi connectivity index (χ1) is 9.83. The number of ether oxygens (including phenoxy) is 1. The number of nitrogens with one attached hydrogen (secondary N) is 1. The average molecular weight is 351 g/mol. The molecule has 1 N–H and O–H groups in total. The van der Waals surface area contributed by atoms with E-state index in [-0.39, 0.29) is 19.9 Å². The number of carbonyl (C=O) groups is 1. The zero-order valence-corrected chi connectivity index (χ0v) is 12.9. The predicted molar refractivity (Wildman–Crippen MR) is 75.7 cm³/mol. The van der Waals surface area contributed by atoms with Crippen molar-refractivity contribution in [2.24, 2.45) is 0 Å². The number of carbonyl (C=O) groups excluding carboxylic acids is 1. The minimum Gasteiger partial charge on any atom is -0.465 e.